The topological polar surface area (TPSA) is 59.1 Å². The maximum absolute atomic E-state index is 7.33. The van der Waals surface area contributed by atoms with Crippen LogP contribution in [0.4, 0.5) is 0 Å². The van der Waals surface area contributed by atoms with E-state index < -0.39 is 0 Å². The lowest BCUT2D eigenvalue weighted by molar-refractivity contribution is 0.306. The van der Waals surface area contributed by atoms with E-state index in [1.807, 2.05) is 36.4 Å². The zero-order valence-electron chi connectivity index (χ0n) is 11.0. The zero-order chi connectivity index (χ0) is 13.7. The Morgan fingerprint density at radius 2 is 1.58 bits per heavy atom. The fourth-order valence-corrected chi connectivity index (χ4v) is 1.77. The molecule has 98 valence electrons. The van der Waals surface area contributed by atoms with Crippen LogP contribution in [0.2, 0.25) is 0 Å². The monoisotopic (exact) mass is 254 g/mol. The highest BCUT2D eigenvalue weighted by Gasteiger charge is 1.99. The van der Waals surface area contributed by atoms with Crippen LogP contribution in [0.3, 0.4) is 0 Å². The molecule has 0 saturated carbocycles. The standard InChI is InChI=1S/C16H18N2O/c1-2-12-5-9-15(10-6-12)19-11-13-3-7-14(8-4-13)16(17)18/h3-10H,2,11H2,1H3,(H3,17,18). The molecule has 0 fully saturated rings. The zero-order valence-corrected chi connectivity index (χ0v) is 11.0. The fraction of sp³-hybridized carbons (Fsp3) is 0.188. The van der Waals surface area contributed by atoms with Crippen molar-refractivity contribution in [2.75, 3.05) is 0 Å². The SMILES string of the molecule is CCc1ccc(OCc2ccc(C(=N)N)cc2)cc1. The molecular weight excluding hydrogens is 236 g/mol. The van der Waals surface area contributed by atoms with Gasteiger partial charge in [-0.2, -0.15) is 0 Å². The number of ether oxygens (including phenoxy) is 1. The van der Waals surface area contributed by atoms with Gasteiger partial charge in [-0.3, -0.25) is 5.41 Å². The molecule has 3 heteroatoms. The highest BCUT2D eigenvalue weighted by Crippen LogP contribution is 2.14. The maximum Gasteiger partial charge on any atom is 0.122 e. The molecule has 0 radical (unpaired) electrons. The minimum Gasteiger partial charge on any atom is -0.489 e. The molecule has 2 rings (SSSR count). The van der Waals surface area contributed by atoms with E-state index in [4.69, 9.17) is 15.9 Å². The number of benzene rings is 2. The Labute approximate surface area is 113 Å². The van der Waals surface area contributed by atoms with Gasteiger partial charge in [-0.15, -0.1) is 0 Å². The molecule has 0 aliphatic heterocycles. The minimum atomic E-state index is 0.0858. The predicted molar refractivity (Wildman–Crippen MR) is 77.6 cm³/mol. The Morgan fingerprint density at radius 3 is 2.11 bits per heavy atom. The van der Waals surface area contributed by atoms with E-state index in [1.54, 1.807) is 0 Å². The van der Waals surface area contributed by atoms with E-state index in [0.717, 1.165) is 23.3 Å². The average molecular weight is 254 g/mol. The average Bonchev–Trinajstić information content (AvgIpc) is 2.46. The van der Waals surface area contributed by atoms with E-state index in [2.05, 4.69) is 19.1 Å². The fourth-order valence-electron chi connectivity index (χ4n) is 1.77. The lowest BCUT2D eigenvalue weighted by Crippen LogP contribution is -2.10. The molecule has 0 spiro atoms. The minimum absolute atomic E-state index is 0.0858. The van der Waals surface area contributed by atoms with Gasteiger partial charge >= 0.3 is 0 Å². The Kier molecular flexibility index (Phi) is 4.18. The number of aryl methyl sites for hydroxylation is 1. The Bertz CT molecular complexity index is 544. The smallest absolute Gasteiger partial charge is 0.122 e. The van der Waals surface area contributed by atoms with Gasteiger partial charge in [0.25, 0.3) is 0 Å². The second kappa shape index (κ2) is 6.05. The molecule has 2 aromatic rings. The van der Waals surface area contributed by atoms with Crippen LogP contribution in [0.5, 0.6) is 5.75 Å². The number of amidine groups is 1. The molecule has 0 aromatic heterocycles. The third-order valence-corrected chi connectivity index (χ3v) is 3.00. The number of hydrogen-bond acceptors (Lipinski definition) is 2. The van der Waals surface area contributed by atoms with Crippen molar-refractivity contribution in [1.29, 1.82) is 5.41 Å². The molecule has 2 aromatic carbocycles. The second-order valence-electron chi connectivity index (χ2n) is 4.40. The van der Waals surface area contributed by atoms with Crippen molar-refractivity contribution in [2.45, 2.75) is 20.0 Å². The number of nitrogens with two attached hydrogens (primary N) is 1. The summed E-state index contributed by atoms with van der Waals surface area (Å²) in [4.78, 5) is 0. The van der Waals surface area contributed by atoms with Gasteiger partial charge in [0.2, 0.25) is 0 Å². The first-order valence-corrected chi connectivity index (χ1v) is 6.34. The summed E-state index contributed by atoms with van der Waals surface area (Å²) in [7, 11) is 0. The summed E-state index contributed by atoms with van der Waals surface area (Å²) in [5.74, 6) is 0.954. The number of hydrogen-bond donors (Lipinski definition) is 2. The Morgan fingerprint density at radius 1 is 1.00 bits per heavy atom. The molecule has 0 atom stereocenters. The van der Waals surface area contributed by atoms with Crippen molar-refractivity contribution >= 4 is 5.84 Å². The molecule has 3 nitrogen and oxygen atoms in total. The summed E-state index contributed by atoms with van der Waals surface area (Å²) < 4.78 is 5.71. The molecule has 0 saturated heterocycles. The van der Waals surface area contributed by atoms with E-state index in [1.165, 1.54) is 5.56 Å². The van der Waals surface area contributed by atoms with Crippen molar-refractivity contribution in [3.8, 4) is 5.75 Å². The summed E-state index contributed by atoms with van der Waals surface area (Å²) in [5, 5.41) is 7.33. The molecule has 0 bridgehead atoms. The van der Waals surface area contributed by atoms with Crippen LogP contribution < -0.4 is 10.5 Å². The van der Waals surface area contributed by atoms with Gasteiger partial charge in [-0.1, -0.05) is 43.3 Å². The predicted octanol–water partition coefficient (Wildman–Crippen LogP) is 3.11. The third kappa shape index (κ3) is 3.58. The van der Waals surface area contributed by atoms with E-state index in [0.29, 0.717) is 6.61 Å². The van der Waals surface area contributed by atoms with Crippen LogP contribution in [0.15, 0.2) is 48.5 Å². The van der Waals surface area contributed by atoms with Gasteiger partial charge < -0.3 is 10.5 Å². The van der Waals surface area contributed by atoms with Crippen LogP contribution in [0.1, 0.15) is 23.6 Å². The molecule has 0 unspecified atom stereocenters. The van der Waals surface area contributed by atoms with Gasteiger partial charge in [0, 0.05) is 5.56 Å². The van der Waals surface area contributed by atoms with Crippen molar-refractivity contribution < 1.29 is 4.74 Å². The van der Waals surface area contributed by atoms with Crippen molar-refractivity contribution in [3.63, 3.8) is 0 Å². The number of rotatable bonds is 5. The normalized spacial score (nSPS) is 10.2. The summed E-state index contributed by atoms with van der Waals surface area (Å²) in [6, 6.07) is 15.7. The van der Waals surface area contributed by atoms with Gasteiger partial charge in [0.1, 0.15) is 18.2 Å². The highest BCUT2D eigenvalue weighted by atomic mass is 16.5. The van der Waals surface area contributed by atoms with Gasteiger partial charge in [0.05, 0.1) is 0 Å². The quantitative estimate of drug-likeness (QED) is 0.636. The molecule has 19 heavy (non-hydrogen) atoms. The third-order valence-electron chi connectivity index (χ3n) is 3.00. The number of nitrogens with one attached hydrogen (secondary N) is 1. The maximum atomic E-state index is 7.33. The van der Waals surface area contributed by atoms with Crippen molar-refractivity contribution in [3.05, 3.63) is 65.2 Å². The first kappa shape index (κ1) is 13.1. The summed E-state index contributed by atoms with van der Waals surface area (Å²) in [5.41, 5.74) is 8.50. The molecule has 0 aliphatic rings. The van der Waals surface area contributed by atoms with E-state index >= 15 is 0 Å². The largest absolute Gasteiger partial charge is 0.489 e. The van der Waals surface area contributed by atoms with Gasteiger partial charge in [-0.05, 0) is 29.7 Å². The van der Waals surface area contributed by atoms with Crippen LogP contribution in [0.25, 0.3) is 0 Å². The van der Waals surface area contributed by atoms with Gasteiger partial charge in [0.15, 0.2) is 0 Å². The first-order valence-electron chi connectivity index (χ1n) is 6.34. The summed E-state index contributed by atoms with van der Waals surface area (Å²) in [6.07, 6.45) is 1.03. The highest BCUT2D eigenvalue weighted by molar-refractivity contribution is 5.94. The van der Waals surface area contributed by atoms with Crippen molar-refractivity contribution in [1.82, 2.24) is 0 Å². The summed E-state index contributed by atoms with van der Waals surface area (Å²) >= 11 is 0. The number of nitrogen functional groups attached to an aromatic ring is 1. The lowest BCUT2D eigenvalue weighted by Gasteiger charge is -2.07. The van der Waals surface area contributed by atoms with Crippen molar-refractivity contribution in [2.24, 2.45) is 5.73 Å². The van der Waals surface area contributed by atoms with Crippen LogP contribution in [-0.2, 0) is 13.0 Å². The molecule has 0 heterocycles. The first-order chi connectivity index (χ1) is 9.19. The van der Waals surface area contributed by atoms with Crippen LogP contribution >= 0.6 is 0 Å². The summed E-state index contributed by atoms with van der Waals surface area (Å²) in [6.45, 7) is 2.65. The van der Waals surface area contributed by atoms with E-state index in [-0.39, 0.29) is 5.84 Å². The molecular formula is C16H18N2O. The van der Waals surface area contributed by atoms with Gasteiger partial charge in [-0.25, -0.2) is 0 Å². The van der Waals surface area contributed by atoms with Crippen LogP contribution in [0, 0.1) is 5.41 Å². The Hall–Kier alpha value is -2.29. The lowest BCUT2D eigenvalue weighted by atomic mass is 10.1. The molecule has 0 amide bonds. The molecule has 0 aliphatic carbocycles. The second-order valence-corrected chi connectivity index (χ2v) is 4.40. The molecule has 3 N–H and O–H groups in total. The van der Waals surface area contributed by atoms with E-state index in [9.17, 15) is 0 Å². The van der Waals surface area contributed by atoms with Crippen LogP contribution in [-0.4, -0.2) is 5.84 Å². The Balaban J connectivity index is 1.95.